The Bertz CT molecular complexity index is 782. The molecule has 0 bridgehead atoms. The van der Waals surface area contributed by atoms with E-state index in [-0.39, 0.29) is 37.5 Å². The van der Waals surface area contributed by atoms with Gasteiger partial charge >= 0.3 is 11.7 Å². The van der Waals surface area contributed by atoms with Gasteiger partial charge in [0, 0.05) is 38.0 Å². The summed E-state index contributed by atoms with van der Waals surface area (Å²) in [5.74, 6) is -0.170. The summed E-state index contributed by atoms with van der Waals surface area (Å²) in [7, 11) is 1.63. The van der Waals surface area contributed by atoms with E-state index in [0.29, 0.717) is 12.4 Å². The van der Waals surface area contributed by atoms with E-state index in [1.807, 2.05) is 6.07 Å². The van der Waals surface area contributed by atoms with E-state index in [9.17, 15) is 14.4 Å². The number of aromatic nitrogens is 4. The van der Waals surface area contributed by atoms with Gasteiger partial charge in [-0.25, -0.2) is 9.48 Å². The monoisotopic (exact) mass is 347 g/mol. The minimum absolute atomic E-state index is 0.0361. The highest BCUT2D eigenvalue weighted by Crippen LogP contribution is 2.12. The first-order valence-corrected chi connectivity index (χ1v) is 7.99. The number of pyridine rings is 1. The number of carbonyl (C=O) groups excluding carboxylic acids is 2. The average molecular weight is 347 g/mol. The van der Waals surface area contributed by atoms with Crippen molar-refractivity contribution in [3.63, 3.8) is 0 Å². The van der Waals surface area contributed by atoms with Crippen LogP contribution in [0.2, 0.25) is 0 Å². The molecule has 9 nitrogen and oxygen atoms in total. The molecule has 1 amide bonds. The fourth-order valence-electron chi connectivity index (χ4n) is 2.22. The molecular formula is C16H21N5O4. The molecule has 0 aliphatic heterocycles. The molecule has 0 unspecified atom stereocenters. The summed E-state index contributed by atoms with van der Waals surface area (Å²) in [6, 6.07) is 3.58. The zero-order valence-corrected chi connectivity index (χ0v) is 14.3. The first kappa shape index (κ1) is 18.4. The van der Waals surface area contributed by atoms with Gasteiger partial charge in [0.1, 0.15) is 0 Å². The fraction of sp³-hybridized carbons (Fsp3) is 0.438. The Morgan fingerprint density at radius 3 is 2.80 bits per heavy atom. The number of rotatable bonds is 8. The van der Waals surface area contributed by atoms with Crippen LogP contribution in [0.5, 0.6) is 0 Å². The molecule has 2 rings (SSSR count). The van der Waals surface area contributed by atoms with E-state index in [1.165, 1.54) is 9.25 Å². The standard InChI is InChI=1S/C16H21N5O4/c1-3-25-14(23)7-6-13(22)18-9-10-21-16(24)20(2)15(19-21)12-5-4-8-17-11-12/h4-5,8,11H,3,6-7,9-10H2,1-2H3,(H,18,22). The molecule has 0 spiro atoms. The molecule has 0 fully saturated rings. The van der Waals surface area contributed by atoms with Gasteiger partial charge in [0.15, 0.2) is 5.82 Å². The van der Waals surface area contributed by atoms with E-state index < -0.39 is 5.97 Å². The first-order valence-electron chi connectivity index (χ1n) is 7.99. The first-order chi connectivity index (χ1) is 12.0. The lowest BCUT2D eigenvalue weighted by Crippen LogP contribution is -2.32. The molecule has 0 saturated carbocycles. The number of carbonyl (C=O) groups is 2. The maximum absolute atomic E-state index is 12.2. The molecule has 134 valence electrons. The molecule has 0 atom stereocenters. The number of hydrogen-bond donors (Lipinski definition) is 1. The Balaban J connectivity index is 1.88. The minimum Gasteiger partial charge on any atom is -0.466 e. The van der Waals surface area contributed by atoms with Crippen molar-refractivity contribution in [2.24, 2.45) is 7.05 Å². The van der Waals surface area contributed by atoms with Crippen molar-refractivity contribution in [1.29, 1.82) is 0 Å². The van der Waals surface area contributed by atoms with Gasteiger partial charge < -0.3 is 10.1 Å². The molecule has 2 heterocycles. The molecule has 25 heavy (non-hydrogen) atoms. The maximum Gasteiger partial charge on any atom is 0.345 e. The number of hydrogen-bond acceptors (Lipinski definition) is 6. The Hall–Kier alpha value is -2.97. The lowest BCUT2D eigenvalue weighted by atomic mass is 10.3. The molecule has 0 aromatic carbocycles. The summed E-state index contributed by atoms with van der Waals surface area (Å²) >= 11 is 0. The predicted molar refractivity (Wildman–Crippen MR) is 89.6 cm³/mol. The second-order valence-electron chi connectivity index (χ2n) is 5.29. The van der Waals surface area contributed by atoms with Crippen molar-refractivity contribution in [3.05, 3.63) is 35.0 Å². The van der Waals surface area contributed by atoms with Crippen LogP contribution in [-0.4, -0.2) is 44.4 Å². The lowest BCUT2D eigenvalue weighted by molar-refractivity contribution is -0.144. The summed E-state index contributed by atoms with van der Waals surface area (Å²) < 4.78 is 7.47. The Morgan fingerprint density at radius 2 is 2.12 bits per heavy atom. The van der Waals surface area contributed by atoms with E-state index in [1.54, 1.807) is 32.4 Å². The molecule has 2 aromatic heterocycles. The normalized spacial score (nSPS) is 10.5. The van der Waals surface area contributed by atoms with E-state index >= 15 is 0 Å². The van der Waals surface area contributed by atoms with Crippen molar-refractivity contribution < 1.29 is 14.3 Å². The number of amides is 1. The average Bonchev–Trinajstić information content (AvgIpc) is 2.89. The van der Waals surface area contributed by atoms with Crippen molar-refractivity contribution in [2.45, 2.75) is 26.3 Å². The number of nitrogens with one attached hydrogen (secondary N) is 1. The van der Waals surface area contributed by atoms with Crippen LogP contribution >= 0.6 is 0 Å². The quantitative estimate of drug-likeness (QED) is 0.679. The van der Waals surface area contributed by atoms with Crippen molar-refractivity contribution in [1.82, 2.24) is 24.6 Å². The summed E-state index contributed by atoms with van der Waals surface area (Å²) in [5, 5.41) is 6.93. The highest BCUT2D eigenvalue weighted by atomic mass is 16.5. The second-order valence-corrected chi connectivity index (χ2v) is 5.29. The second kappa shape index (κ2) is 8.76. The smallest absolute Gasteiger partial charge is 0.345 e. The van der Waals surface area contributed by atoms with E-state index in [2.05, 4.69) is 15.4 Å². The van der Waals surface area contributed by atoms with Gasteiger partial charge in [-0.3, -0.25) is 19.1 Å². The van der Waals surface area contributed by atoms with Gasteiger partial charge in [-0.2, -0.15) is 0 Å². The molecule has 2 aromatic rings. The summed E-state index contributed by atoms with van der Waals surface area (Å²) in [6.45, 7) is 2.48. The lowest BCUT2D eigenvalue weighted by Gasteiger charge is -2.04. The molecule has 0 aliphatic rings. The van der Waals surface area contributed by atoms with Crippen molar-refractivity contribution in [3.8, 4) is 11.4 Å². The molecular weight excluding hydrogens is 326 g/mol. The number of esters is 1. The van der Waals surface area contributed by atoms with Gasteiger partial charge in [0.25, 0.3) is 0 Å². The molecule has 0 aliphatic carbocycles. The highest BCUT2D eigenvalue weighted by molar-refractivity contribution is 5.81. The van der Waals surface area contributed by atoms with E-state index in [4.69, 9.17) is 4.74 Å². The van der Waals surface area contributed by atoms with Crippen LogP contribution in [0, 0.1) is 0 Å². The van der Waals surface area contributed by atoms with Gasteiger partial charge in [-0.15, -0.1) is 5.10 Å². The highest BCUT2D eigenvalue weighted by Gasteiger charge is 2.12. The Morgan fingerprint density at radius 1 is 1.32 bits per heavy atom. The predicted octanol–water partition coefficient (Wildman–Crippen LogP) is 0.103. The summed E-state index contributed by atoms with van der Waals surface area (Å²) in [4.78, 5) is 39.1. The van der Waals surface area contributed by atoms with Gasteiger partial charge in [0.05, 0.1) is 19.6 Å². The Labute approximate surface area is 144 Å². The van der Waals surface area contributed by atoms with E-state index in [0.717, 1.165) is 5.56 Å². The molecule has 1 N–H and O–H groups in total. The van der Waals surface area contributed by atoms with Gasteiger partial charge in [-0.05, 0) is 19.1 Å². The number of nitrogens with zero attached hydrogens (tertiary/aromatic N) is 4. The third-order valence-electron chi connectivity index (χ3n) is 3.47. The van der Waals surface area contributed by atoms with Gasteiger partial charge in [0.2, 0.25) is 5.91 Å². The maximum atomic E-state index is 12.2. The largest absolute Gasteiger partial charge is 0.466 e. The third kappa shape index (κ3) is 5.00. The minimum atomic E-state index is -0.403. The summed E-state index contributed by atoms with van der Waals surface area (Å²) in [5.41, 5.74) is 0.457. The van der Waals surface area contributed by atoms with Crippen molar-refractivity contribution in [2.75, 3.05) is 13.2 Å². The SMILES string of the molecule is CCOC(=O)CCC(=O)NCCn1nc(-c2cccnc2)n(C)c1=O. The zero-order valence-electron chi connectivity index (χ0n) is 14.3. The van der Waals surface area contributed by atoms with Gasteiger partial charge in [-0.1, -0.05) is 0 Å². The van der Waals surface area contributed by atoms with Crippen LogP contribution in [0.1, 0.15) is 19.8 Å². The van der Waals surface area contributed by atoms with Crippen LogP contribution in [0.3, 0.4) is 0 Å². The van der Waals surface area contributed by atoms with Crippen LogP contribution in [0.4, 0.5) is 0 Å². The summed E-state index contributed by atoms with van der Waals surface area (Å²) in [6.07, 6.45) is 3.36. The van der Waals surface area contributed by atoms with Crippen LogP contribution < -0.4 is 11.0 Å². The molecule has 9 heteroatoms. The zero-order chi connectivity index (χ0) is 18.2. The van der Waals surface area contributed by atoms with Crippen LogP contribution in [0.15, 0.2) is 29.3 Å². The molecule has 0 radical (unpaired) electrons. The third-order valence-corrected chi connectivity index (χ3v) is 3.47. The van der Waals surface area contributed by atoms with Crippen LogP contribution in [0.25, 0.3) is 11.4 Å². The molecule has 0 saturated heterocycles. The number of ether oxygens (including phenoxy) is 1. The topological polar surface area (TPSA) is 108 Å². The Kier molecular flexibility index (Phi) is 6.44. The van der Waals surface area contributed by atoms with Crippen LogP contribution in [-0.2, 0) is 27.9 Å². The fourth-order valence-corrected chi connectivity index (χ4v) is 2.22. The van der Waals surface area contributed by atoms with Crippen molar-refractivity contribution >= 4 is 11.9 Å².